The molecule has 2 saturated carbocycles. The summed E-state index contributed by atoms with van der Waals surface area (Å²) in [5.41, 5.74) is 0.733. The van der Waals surface area contributed by atoms with Crippen LogP contribution in [-0.4, -0.2) is 74.2 Å². The molecule has 2 heterocycles. The number of rotatable bonds is 14. The first kappa shape index (κ1) is 60.9. The number of hydrogen-bond acceptors (Lipinski definition) is 8. The minimum absolute atomic E-state index is 0. The molecule has 2 amide bonds. The first-order chi connectivity index (χ1) is 32.1. The third kappa shape index (κ3) is 16.0. The summed E-state index contributed by atoms with van der Waals surface area (Å²) < 4.78 is 6.22. The van der Waals surface area contributed by atoms with Gasteiger partial charge in [0.1, 0.15) is 23.9 Å². The molecule has 70 heavy (non-hydrogen) atoms. The first-order valence-corrected chi connectivity index (χ1v) is 24.1. The first-order valence-electron chi connectivity index (χ1n) is 21.4. The molecule has 5 atom stereocenters. The molecule has 0 bridgehead atoms. The average Bonchev–Trinajstić information content (AvgIpc) is 4.12. The number of hydrogen-bond donors (Lipinski definition) is 6. The fraction of sp³-hybridized carbons (Fsp3) is 0.192. The SMILES string of the molecule is CC(NC(=O)CCC(=O)NCC#Cc1cn([C@@H]2O[C@H](CO)[C@@H](O)[C@H]2O)c(=O)[nH]c1=O)[C]1[CH][CH][CH][C]1P(c1ccccc1)c1ccccc1.[CH]1[CH][CH][C](P(c2ccccc2)c2ccccc2)[CH]1.[Cl-].[Cl-].[Fe+2].[Pt+2]. The number of H-pyrrole nitrogens is 1. The number of ether oxygens (including phenoxy) is 1. The number of nitrogens with zero attached hydrogens (tertiary/aromatic N) is 1. The van der Waals surface area contributed by atoms with Gasteiger partial charge in [-0.15, -0.1) is 0 Å². The van der Waals surface area contributed by atoms with Crippen molar-refractivity contribution >= 4 is 48.9 Å². The normalized spacial score (nSPS) is 19.2. The number of aromatic amines is 1. The minimum Gasteiger partial charge on any atom is -1.00 e. The quantitative estimate of drug-likeness (QED) is 0.0394. The van der Waals surface area contributed by atoms with Crippen LogP contribution in [0.4, 0.5) is 0 Å². The zero-order chi connectivity index (χ0) is 46.4. The largest absolute Gasteiger partial charge is 2.00 e. The number of aromatic nitrogens is 2. The summed E-state index contributed by atoms with van der Waals surface area (Å²) in [6.07, 6.45) is 10.3. The van der Waals surface area contributed by atoms with Gasteiger partial charge in [0.05, 0.1) is 13.2 Å². The smallest absolute Gasteiger partial charge is 1.00 e. The van der Waals surface area contributed by atoms with E-state index in [1.807, 2.05) is 56.2 Å². The maximum atomic E-state index is 12.8. The van der Waals surface area contributed by atoms with Crippen molar-refractivity contribution in [3.8, 4) is 11.8 Å². The van der Waals surface area contributed by atoms with Crippen molar-refractivity contribution in [3.63, 3.8) is 0 Å². The molecule has 1 aromatic heterocycles. The number of carbonyl (C=O) groups excluding carboxylic acids is 2. The molecular weight excluding hydrogens is 1190 g/mol. The fourth-order valence-corrected chi connectivity index (χ4v) is 12.4. The second-order valence-corrected chi connectivity index (χ2v) is 19.7. The van der Waals surface area contributed by atoms with Gasteiger partial charge in [0.2, 0.25) is 11.8 Å². The van der Waals surface area contributed by atoms with Gasteiger partial charge < -0.3 is 55.5 Å². The van der Waals surface area contributed by atoms with Crippen LogP contribution in [0.15, 0.2) is 137 Å². The Balaban J connectivity index is 0.000000495. The van der Waals surface area contributed by atoms with Gasteiger partial charge in [0.25, 0.3) is 5.56 Å². The van der Waals surface area contributed by atoms with Crippen molar-refractivity contribution in [1.82, 2.24) is 20.2 Å². The molecule has 0 spiro atoms. The fourth-order valence-electron chi connectivity index (χ4n) is 7.55. The Morgan fingerprint density at radius 3 is 1.73 bits per heavy atom. The Kier molecular flexibility index (Phi) is 26.6. The molecule has 1 unspecified atom stereocenters. The van der Waals surface area contributed by atoms with Gasteiger partial charge in [-0.3, -0.25) is 23.9 Å². The maximum Gasteiger partial charge on any atom is 2.00 e. The van der Waals surface area contributed by atoms with Crippen LogP contribution < -0.4 is 67.9 Å². The van der Waals surface area contributed by atoms with Crippen molar-refractivity contribution in [2.24, 2.45) is 0 Å². The molecule has 12 nitrogen and oxygen atoms in total. The van der Waals surface area contributed by atoms with Gasteiger partial charge in [0.15, 0.2) is 6.23 Å². The van der Waals surface area contributed by atoms with E-state index in [4.69, 9.17) is 4.74 Å². The Morgan fingerprint density at radius 2 is 1.23 bits per heavy atom. The third-order valence-electron chi connectivity index (χ3n) is 10.8. The van der Waals surface area contributed by atoms with Crippen LogP contribution in [0, 0.1) is 74.0 Å². The van der Waals surface area contributed by atoms with E-state index < -0.39 is 64.1 Å². The van der Waals surface area contributed by atoms with Crippen LogP contribution in [-0.2, 0) is 52.5 Å². The number of benzene rings is 4. The second kappa shape index (κ2) is 30.6. The number of aliphatic hydroxyl groups excluding tert-OH is 3. The maximum absolute atomic E-state index is 12.8. The van der Waals surface area contributed by atoms with Crippen LogP contribution in [0.2, 0.25) is 0 Å². The van der Waals surface area contributed by atoms with Crippen molar-refractivity contribution < 1.29 is 92.6 Å². The Labute approximate surface area is 450 Å². The number of halogens is 2. The van der Waals surface area contributed by atoms with E-state index in [9.17, 15) is 34.5 Å². The third-order valence-corrected chi connectivity index (χ3v) is 15.8. The molecule has 3 fully saturated rings. The molecule has 5 aromatic rings. The van der Waals surface area contributed by atoms with Gasteiger partial charge in [-0.1, -0.05) is 133 Å². The van der Waals surface area contributed by atoms with Gasteiger partial charge in [-0.2, -0.15) is 0 Å². The van der Waals surface area contributed by atoms with Gasteiger partial charge >= 0.3 is 43.8 Å². The standard InChI is InChI=1S/C35H36N4O8P.C17H14P.2ClH.Fe.Pt/c1-22(26-15-8-16-28(26)48(24-11-4-2-5-12-24)25-13-6-3-7-14-25)37-30(42)18-17-29(41)36-19-9-10-23-20-39(35(46)38-33(23)45)34-32(44)31(43)27(21-40)47-34;1-3-9-15(10-4-1)18(17-13-7-8-14-17)16-11-5-2-6-12-16;;;;/h2-8,11-16,20,22,27,31-32,34,40,43-44H,17-19,21H2,1H3,(H,36,41)(H,37,42)(H,38,45,46);1-14H;2*1H;;/q;;;;2*+2/p-2/t22?,27-,31-,32-,34-;;;;;/m1...../s1. The van der Waals surface area contributed by atoms with Crippen molar-refractivity contribution in [2.45, 2.75) is 50.3 Å². The molecule has 6 N–H and O–H groups in total. The predicted molar refractivity (Wildman–Crippen MR) is 259 cm³/mol. The van der Waals surface area contributed by atoms with Crippen LogP contribution in [0.25, 0.3) is 0 Å². The molecule has 366 valence electrons. The zero-order valence-corrected chi connectivity index (χ0v) is 44.2. The molecule has 2 aliphatic carbocycles. The summed E-state index contributed by atoms with van der Waals surface area (Å²) in [5, 5.41) is 40.3. The molecule has 4 aromatic carbocycles. The van der Waals surface area contributed by atoms with E-state index in [0.29, 0.717) is 0 Å². The molecule has 10 radical (unpaired) electrons. The van der Waals surface area contributed by atoms with Crippen LogP contribution in [0.1, 0.15) is 31.6 Å². The zero-order valence-electron chi connectivity index (χ0n) is 37.5. The number of amides is 2. The summed E-state index contributed by atoms with van der Waals surface area (Å²) in [6, 6.07) is 41.8. The summed E-state index contributed by atoms with van der Waals surface area (Å²) in [5.74, 6) is 5.51. The molecule has 1 saturated heterocycles. The number of aliphatic hydroxyl groups is 3. The minimum atomic E-state index is -1.53. The second-order valence-electron chi connectivity index (χ2n) is 15.3. The Morgan fingerprint density at radius 1 is 0.729 bits per heavy atom. The molecular formula is C52H50Cl2FeN4O8P2Pt+2. The van der Waals surface area contributed by atoms with Crippen molar-refractivity contribution in [1.29, 1.82) is 0 Å². The molecule has 8 rings (SSSR count). The van der Waals surface area contributed by atoms with E-state index in [2.05, 4.69) is 144 Å². The molecule has 1 aliphatic heterocycles. The summed E-state index contributed by atoms with van der Waals surface area (Å²) in [7, 11) is -1.26. The van der Waals surface area contributed by atoms with Crippen LogP contribution in [0.3, 0.4) is 0 Å². The Hall–Kier alpha value is -3.45. The summed E-state index contributed by atoms with van der Waals surface area (Å²) >= 11 is 0. The van der Waals surface area contributed by atoms with Crippen molar-refractivity contribution in [2.75, 3.05) is 13.2 Å². The van der Waals surface area contributed by atoms with E-state index >= 15 is 0 Å². The van der Waals surface area contributed by atoms with E-state index in [1.54, 1.807) is 0 Å². The van der Waals surface area contributed by atoms with Gasteiger partial charge in [-0.25, -0.2) is 4.79 Å². The van der Waals surface area contributed by atoms with Crippen LogP contribution in [0.5, 0.6) is 0 Å². The Bertz CT molecular complexity index is 2460. The van der Waals surface area contributed by atoms with E-state index in [-0.39, 0.29) is 99.8 Å². The number of carbonyl (C=O) groups is 2. The predicted octanol–water partition coefficient (Wildman–Crippen LogP) is -2.75. The van der Waals surface area contributed by atoms with E-state index in [1.165, 1.54) is 26.9 Å². The number of nitrogens with one attached hydrogen (secondary N) is 3. The average molecular weight is 1240 g/mol. The molecule has 18 heteroatoms. The van der Waals surface area contributed by atoms with E-state index in [0.717, 1.165) is 22.3 Å². The summed E-state index contributed by atoms with van der Waals surface area (Å²) in [4.78, 5) is 51.9. The molecule has 3 aliphatic rings. The van der Waals surface area contributed by atoms with Crippen molar-refractivity contribution in [3.05, 3.63) is 216 Å². The van der Waals surface area contributed by atoms with Gasteiger partial charge in [0, 0.05) is 42.3 Å². The van der Waals surface area contributed by atoms with Crippen LogP contribution >= 0.6 is 15.8 Å². The van der Waals surface area contributed by atoms with Gasteiger partial charge in [-0.05, 0) is 88.9 Å². The summed E-state index contributed by atoms with van der Waals surface area (Å²) in [6.45, 7) is 1.20. The monoisotopic (exact) mass is 1240 g/mol. The topological polar surface area (TPSA) is 183 Å².